The summed E-state index contributed by atoms with van der Waals surface area (Å²) in [7, 11) is 4.30. The Labute approximate surface area is 160 Å². The lowest BCUT2D eigenvalue weighted by atomic mass is 9.90. The first-order valence-electron chi connectivity index (χ1n) is 8.71. The second-order valence-electron chi connectivity index (χ2n) is 6.96. The van der Waals surface area contributed by atoms with Gasteiger partial charge in [-0.2, -0.15) is 0 Å². The van der Waals surface area contributed by atoms with Gasteiger partial charge in [0.2, 0.25) is 5.91 Å². The number of esters is 1. The van der Waals surface area contributed by atoms with Crippen LogP contribution >= 0.6 is 0 Å². The van der Waals surface area contributed by atoms with E-state index in [0.717, 1.165) is 18.4 Å². The highest BCUT2D eigenvalue weighted by atomic mass is 19.3. The van der Waals surface area contributed by atoms with E-state index < -0.39 is 23.5 Å². The Balaban J connectivity index is 2.00. The number of fused-ring (bicyclic) bond motifs is 2. The van der Waals surface area contributed by atoms with E-state index >= 15 is 0 Å². The number of carbonyl (C=O) groups excluding carboxylic acids is 2. The van der Waals surface area contributed by atoms with Gasteiger partial charge in [-0.05, 0) is 36.6 Å². The number of halogens is 2. The fourth-order valence-electron chi connectivity index (χ4n) is 3.86. The van der Waals surface area contributed by atoms with Crippen molar-refractivity contribution in [3.05, 3.63) is 41.2 Å². The highest BCUT2D eigenvalue weighted by Crippen LogP contribution is 2.58. The van der Waals surface area contributed by atoms with Crippen molar-refractivity contribution >= 4 is 17.6 Å². The van der Waals surface area contributed by atoms with Gasteiger partial charge in [-0.1, -0.05) is 0 Å². The molecule has 0 saturated heterocycles. The molecule has 146 valence electrons. The number of rotatable bonds is 4. The monoisotopic (exact) mass is 388 g/mol. The van der Waals surface area contributed by atoms with Crippen molar-refractivity contribution in [2.24, 2.45) is 0 Å². The van der Waals surface area contributed by atoms with E-state index in [1.807, 2.05) is 0 Å². The summed E-state index contributed by atoms with van der Waals surface area (Å²) >= 11 is 0. The summed E-state index contributed by atoms with van der Waals surface area (Å²) in [6, 6.07) is 4.52. The fraction of sp³-hybridized carbons (Fsp3) is 0.350. The Kier molecular flexibility index (Phi) is 4.10. The predicted octanol–water partition coefficient (Wildman–Crippen LogP) is 3.49. The largest absolute Gasteiger partial charge is 0.494 e. The van der Waals surface area contributed by atoms with E-state index in [-0.39, 0.29) is 17.2 Å². The number of likely N-dealkylation sites (N-methyl/N-ethyl adjacent to an activating group) is 1. The van der Waals surface area contributed by atoms with Crippen molar-refractivity contribution < 1.29 is 27.8 Å². The highest BCUT2D eigenvalue weighted by Gasteiger charge is 2.58. The average Bonchev–Trinajstić information content (AvgIpc) is 3.49. The van der Waals surface area contributed by atoms with E-state index in [1.165, 1.54) is 31.4 Å². The number of methoxy groups -OCH3 is 2. The summed E-state index contributed by atoms with van der Waals surface area (Å²) in [5.74, 6) is -0.407. The van der Waals surface area contributed by atoms with Crippen LogP contribution in [0.2, 0.25) is 0 Å². The number of ether oxygens (including phenoxy) is 2. The van der Waals surface area contributed by atoms with Crippen LogP contribution in [0.4, 0.5) is 14.5 Å². The molecule has 0 atom stereocenters. The Morgan fingerprint density at radius 1 is 1.21 bits per heavy atom. The number of hydrogen-bond acceptors (Lipinski definition) is 5. The molecule has 2 aromatic rings. The molecule has 0 unspecified atom stereocenters. The van der Waals surface area contributed by atoms with Gasteiger partial charge in [-0.15, -0.1) is 0 Å². The number of anilines is 1. The zero-order valence-corrected chi connectivity index (χ0v) is 15.6. The lowest BCUT2D eigenvalue weighted by Gasteiger charge is -2.17. The number of hydrogen-bond donors (Lipinski definition) is 0. The molecule has 2 heterocycles. The maximum atomic E-state index is 13.2. The van der Waals surface area contributed by atoms with Gasteiger partial charge in [0.05, 0.1) is 31.4 Å². The Morgan fingerprint density at radius 3 is 2.50 bits per heavy atom. The predicted molar refractivity (Wildman–Crippen MR) is 96.8 cm³/mol. The van der Waals surface area contributed by atoms with E-state index in [2.05, 4.69) is 4.98 Å². The summed E-state index contributed by atoms with van der Waals surface area (Å²) in [5, 5.41) is 0. The molecule has 1 aliphatic carbocycles. The molecule has 4 rings (SSSR count). The van der Waals surface area contributed by atoms with Crippen molar-refractivity contribution in [3.63, 3.8) is 0 Å². The maximum Gasteiger partial charge on any atom is 0.338 e. The minimum atomic E-state index is -2.77. The second kappa shape index (κ2) is 6.25. The molecule has 1 fully saturated rings. The van der Waals surface area contributed by atoms with Gasteiger partial charge in [-0.3, -0.25) is 9.78 Å². The normalized spacial score (nSPS) is 16.5. The standard InChI is InChI=1S/C20H18F2N2O4/c1-24-15-8-12(18(25)28-3)10(6-13(15)20(4-5-20)19(24)26)11-7-14(17(21)22)23-9-16(11)27-2/h6-9,17H,4-5H2,1-3H3. The van der Waals surface area contributed by atoms with E-state index in [1.54, 1.807) is 19.2 Å². The lowest BCUT2D eigenvalue weighted by molar-refractivity contribution is -0.119. The van der Waals surface area contributed by atoms with Crippen LogP contribution in [0.3, 0.4) is 0 Å². The molecular weight excluding hydrogens is 370 g/mol. The Hall–Kier alpha value is -3.03. The third-order valence-corrected chi connectivity index (χ3v) is 5.50. The molecule has 1 amide bonds. The van der Waals surface area contributed by atoms with Crippen molar-refractivity contribution in [1.82, 2.24) is 4.98 Å². The van der Waals surface area contributed by atoms with E-state index in [9.17, 15) is 18.4 Å². The van der Waals surface area contributed by atoms with Gasteiger partial charge in [0, 0.05) is 23.9 Å². The van der Waals surface area contributed by atoms with Crippen LogP contribution in [-0.2, 0) is 14.9 Å². The highest BCUT2D eigenvalue weighted by molar-refractivity contribution is 6.12. The van der Waals surface area contributed by atoms with Crippen LogP contribution in [0.1, 0.15) is 40.9 Å². The summed E-state index contributed by atoms with van der Waals surface area (Å²) < 4.78 is 36.7. The van der Waals surface area contributed by atoms with E-state index in [0.29, 0.717) is 16.8 Å². The van der Waals surface area contributed by atoms with Crippen LogP contribution in [0.5, 0.6) is 5.75 Å². The van der Waals surface area contributed by atoms with Crippen LogP contribution in [0.25, 0.3) is 11.1 Å². The van der Waals surface area contributed by atoms with Gasteiger partial charge in [0.25, 0.3) is 6.43 Å². The topological polar surface area (TPSA) is 68.7 Å². The minimum absolute atomic E-state index is 0.0228. The van der Waals surface area contributed by atoms with Gasteiger partial charge in [0.15, 0.2) is 0 Å². The number of pyridine rings is 1. The molecule has 8 heteroatoms. The average molecular weight is 388 g/mol. The number of aromatic nitrogens is 1. The number of amides is 1. The van der Waals surface area contributed by atoms with Crippen LogP contribution in [0, 0.1) is 0 Å². The first-order valence-corrected chi connectivity index (χ1v) is 8.71. The van der Waals surface area contributed by atoms with Gasteiger partial charge in [-0.25, -0.2) is 13.6 Å². The SMILES string of the molecule is COC(=O)c1cc2c(cc1-c1cc(C(F)F)ncc1OC)C1(CC1)C(=O)N2C. The summed E-state index contributed by atoms with van der Waals surface area (Å²) in [6.45, 7) is 0. The second-order valence-corrected chi connectivity index (χ2v) is 6.96. The number of alkyl halides is 2. The van der Waals surface area contributed by atoms with Crippen molar-refractivity contribution in [2.75, 3.05) is 26.2 Å². The van der Waals surface area contributed by atoms with Crippen LogP contribution < -0.4 is 9.64 Å². The summed E-state index contributed by atoms with van der Waals surface area (Å²) in [5.41, 5.74) is 1.26. The van der Waals surface area contributed by atoms with Crippen molar-refractivity contribution in [3.8, 4) is 16.9 Å². The molecule has 6 nitrogen and oxygen atoms in total. The zero-order chi connectivity index (χ0) is 20.2. The first-order chi connectivity index (χ1) is 13.3. The van der Waals surface area contributed by atoms with Crippen molar-refractivity contribution in [1.29, 1.82) is 0 Å². The lowest BCUT2D eigenvalue weighted by Crippen LogP contribution is -2.27. The molecule has 1 spiro atoms. The smallest absolute Gasteiger partial charge is 0.338 e. The molecule has 1 aromatic heterocycles. The van der Waals surface area contributed by atoms with Gasteiger partial charge < -0.3 is 14.4 Å². The van der Waals surface area contributed by atoms with Gasteiger partial charge in [0.1, 0.15) is 11.4 Å². The van der Waals surface area contributed by atoms with Crippen molar-refractivity contribution in [2.45, 2.75) is 24.7 Å². The molecule has 0 radical (unpaired) electrons. The fourth-order valence-corrected chi connectivity index (χ4v) is 3.86. The molecule has 1 aromatic carbocycles. The zero-order valence-electron chi connectivity index (χ0n) is 15.6. The van der Waals surface area contributed by atoms with E-state index in [4.69, 9.17) is 9.47 Å². The number of benzene rings is 1. The van der Waals surface area contributed by atoms with Gasteiger partial charge >= 0.3 is 5.97 Å². The number of nitrogens with zero attached hydrogens (tertiary/aromatic N) is 2. The first kappa shape index (κ1) is 18.3. The Morgan fingerprint density at radius 2 is 1.93 bits per heavy atom. The molecule has 1 aliphatic heterocycles. The third-order valence-electron chi connectivity index (χ3n) is 5.50. The summed E-state index contributed by atoms with van der Waals surface area (Å²) in [6.07, 6.45) is -0.135. The molecule has 0 bridgehead atoms. The van der Waals surface area contributed by atoms with Crippen LogP contribution in [0.15, 0.2) is 24.4 Å². The molecule has 1 saturated carbocycles. The molecular formula is C20H18F2N2O4. The molecule has 2 aliphatic rings. The maximum absolute atomic E-state index is 13.2. The Bertz CT molecular complexity index is 1000. The minimum Gasteiger partial charge on any atom is -0.494 e. The third kappa shape index (κ3) is 2.47. The summed E-state index contributed by atoms with van der Waals surface area (Å²) in [4.78, 5) is 30.4. The quantitative estimate of drug-likeness (QED) is 0.750. The molecule has 0 N–H and O–H groups in total. The number of carbonyl (C=O) groups is 2. The van der Waals surface area contributed by atoms with Crippen LogP contribution in [-0.4, -0.2) is 38.1 Å². The molecule has 28 heavy (non-hydrogen) atoms.